The van der Waals surface area contributed by atoms with Crippen molar-refractivity contribution >= 4 is 11.8 Å². The fourth-order valence-corrected chi connectivity index (χ4v) is 2.33. The number of hydrogen-bond donors (Lipinski definition) is 1. The normalized spacial score (nSPS) is 14.3. The lowest BCUT2D eigenvalue weighted by molar-refractivity contribution is -0.156. The highest BCUT2D eigenvalue weighted by molar-refractivity contribution is 6.02. The molecule has 0 aromatic carbocycles. The lowest BCUT2D eigenvalue weighted by atomic mass is 9.64. The molecular formula is C15H28O3. The van der Waals surface area contributed by atoms with Crippen molar-refractivity contribution in [1.82, 2.24) is 0 Å². The first-order chi connectivity index (χ1) is 8.22. The van der Waals surface area contributed by atoms with Crippen LogP contribution in [-0.2, 0) is 9.59 Å². The van der Waals surface area contributed by atoms with E-state index in [1.54, 1.807) is 0 Å². The summed E-state index contributed by atoms with van der Waals surface area (Å²) in [7, 11) is 0. The van der Waals surface area contributed by atoms with Gasteiger partial charge >= 0.3 is 5.97 Å². The minimum Gasteiger partial charge on any atom is -0.481 e. The first-order valence-electron chi connectivity index (χ1n) is 6.99. The van der Waals surface area contributed by atoms with Crippen molar-refractivity contribution in [2.45, 2.75) is 67.2 Å². The third kappa shape index (κ3) is 3.12. The molecule has 0 rings (SSSR count). The molecule has 0 fully saturated rings. The fraction of sp³-hybridized carbons (Fsp3) is 0.867. The predicted molar refractivity (Wildman–Crippen MR) is 73.5 cm³/mol. The van der Waals surface area contributed by atoms with Gasteiger partial charge in [0.15, 0.2) is 5.78 Å². The van der Waals surface area contributed by atoms with Crippen molar-refractivity contribution in [1.29, 1.82) is 0 Å². The van der Waals surface area contributed by atoms with Gasteiger partial charge in [0, 0.05) is 5.41 Å². The minimum absolute atomic E-state index is 0.105. The number of carboxylic acids is 1. The highest BCUT2D eigenvalue weighted by Gasteiger charge is 2.47. The third-order valence-corrected chi connectivity index (χ3v) is 4.98. The van der Waals surface area contributed by atoms with E-state index < -0.39 is 22.7 Å². The summed E-state index contributed by atoms with van der Waals surface area (Å²) in [5.41, 5.74) is -0.969. The van der Waals surface area contributed by atoms with E-state index in [1.165, 1.54) is 0 Å². The number of carbonyl (C=O) groups excluding carboxylic acids is 1. The van der Waals surface area contributed by atoms with Crippen LogP contribution >= 0.6 is 0 Å². The topological polar surface area (TPSA) is 54.4 Å². The maximum atomic E-state index is 12.7. The number of carboxylic acid groups (broad SMARTS) is 1. The van der Waals surface area contributed by atoms with Gasteiger partial charge in [0.25, 0.3) is 0 Å². The number of Topliss-reactive ketones (excluding diaryl/α,β-unsaturated/α-hetero) is 1. The summed E-state index contributed by atoms with van der Waals surface area (Å²) in [4.78, 5) is 24.2. The molecule has 106 valence electrons. The van der Waals surface area contributed by atoms with Crippen molar-refractivity contribution < 1.29 is 14.7 Å². The molecule has 0 aliphatic carbocycles. The van der Waals surface area contributed by atoms with Crippen molar-refractivity contribution in [2.75, 3.05) is 0 Å². The Morgan fingerprint density at radius 1 is 0.944 bits per heavy atom. The zero-order valence-corrected chi connectivity index (χ0v) is 12.7. The summed E-state index contributed by atoms with van der Waals surface area (Å²) < 4.78 is 0. The van der Waals surface area contributed by atoms with Crippen molar-refractivity contribution in [3.8, 4) is 0 Å². The van der Waals surface area contributed by atoms with Crippen LogP contribution in [0.3, 0.4) is 0 Å². The Morgan fingerprint density at radius 3 is 1.56 bits per heavy atom. The summed E-state index contributed by atoms with van der Waals surface area (Å²) in [6, 6.07) is 0. The molecule has 1 N–H and O–H groups in total. The quantitative estimate of drug-likeness (QED) is 0.670. The smallest absolute Gasteiger partial charge is 0.314 e. The maximum absolute atomic E-state index is 12.7. The second-order valence-corrected chi connectivity index (χ2v) is 5.76. The van der Waals surface area contributed by atoms with Crippen LogP contribution in [0.25, 0.3) is 0 Å². The molecule has 3 nitrogen and oxygen atoms in total. The van der Waals surface area contributed by atoms with Gasteiger partial charge in [-0.05, 0) is 31.1 Å². The van der Waals surface area contributed by atoms with E-state index >= 15 is 0 Å². The van der Waals surface area contributed by atoms with Crippen molar-refractivity contribution in [3.63, 3.8) is 0 Å². The van der Waals surface area contributed by atoms with Gasteiger partial charge in [-0.15, -0.1) is 0 Å². The summed E-state index contributed by atoms with van der Waals surface area (Å²) >= 11 is 0. The maximum Gasteiger partial charge on any atom is 0.314 e. The molecule has 0 aliphatic rings. The van der Waals surface area contributed by atoms with Crippen LogP contribution in [0.2, 0.25) is 0 Å². The average Bonchev–Trinajstić information content (AvgIpc) is 2.36. The molecule has 0 radical (unpaired) electrons. The van der Waals surface area contributed by atoms with Gasteiger partial charge in [-0.3, -0.25) is 9.59 Å². The van der Waals surface area contributed by atoms with Gasteiger partial charge in [-0.1, -0.05) is 41.5 Å². The second-order valence-electron chi connectivity index (χ2n) is 5.76. The van der Waals surface area contributed by atoms with E-state index in [9.17, 15) is 14.7 Å². The van der Waals surface area contributed by atoms with Crippen LogP contribution in [0.1, 0.15) is 67.2 Å². The van der Waals surface area contributed by atoms with Crippen LogP contribution in [0.15, 0.2) is 0 Å². The Labute approximate surface area is 111 Å². The molecule has 1 unspecified atom stereocenters. The van der Waals surface area contributed by atoms with Crippen LogP contribution < -0.4 is 0 Å². The lowest BCUT2D eigenvalue weighted by Crippen LogP contribution is -2.45. The van der Waals surface area contributed by atoms with Gasteiger partial charge < -0.3 is 5.11 Å². The molecule has 0 spiro atoms. The largest absolute Gasteiger partial charge is 0.481 e. The SMILES string of the molecule is CCC(C)(CC)C(=O)C(C(=O)O)C(C)(CC)CC. The highest BCUT2D eigenvalue weighted by Crippen LogP contribution is 2.41. The molecule has 0 saturated heterocycles. The molecule has 0 bridgehead atoms. The highest BCUT2D eigenvalue weighted by atomic mass is 16.4. The average molecular weight is 256 g/mol. The van der Waals surface area contributed by atoms with Gasteiger partial charge in [0.05, 0.1) is 0 Å². The Morgan fingerprint density at radius 2 is 1.33 bits per heavy atom. The lowest BCUT2D eigenvalue weighted by Gasteiger charge is -2.37. The van der Waals surface area contributed by atoms with Gasteiger partial charge in [-0.2, -0.15) is 0 Å². The first-order valence-corrected chi connectivity index (χ1v) is 6.99. The number of hydrogen-bond acceptors (Lipinski definition) is 2. The Balaban J connectivity index is 5.52. The number of carbonyl (C=O) groups is 2. The monoisotopic (exact) mass is 256 g/mol. The van der Waals surface area contributed by atoms with E-state index in [0.717, 1.165) is 0 Å². The molecule has 0 aromatic heterocycles. The molecule has 0 aliphatic heterocycles. The third-order valence-electron chi connectivity index (χ3n) is 4.98. The van der Waals surface area contributed by atoms with E-state index in [1.807, 2.05) is 41.5 Å². The zero-order valence-electron chi connectivity index (χ0n) is 12.7. The fourth-order valence-electron chi connectivity index (χ4n) is 2.33. The Kier molecular flexibility index (Phi) is 6.05. The standard InChI is InChI=1S/C15H28O3/c1-7-14(5,8-2)11(13(17)18)12(16)15(6,9-3)10-4/h11H,7-10H2,1-6H3,(H,17,18). The minimum atomic E-state index is -0.973. The Hall–Kier alpha value is -0.860. The molecule has 0 amide bonds. The summed E-state index contributed by atoms with van der Waals surface area (Å²) in [6.07, 6.45) is 2.79. The summed E-state index contributed by atoms with van der Waals surface area (Å²) in [6.45, 7) is 11.6. The number of ketones is 1. The molecule has 0 heterocycles. The summed E-state index contributed by atoms with van der Waals surface area (Å²) in [5.74, 6) is -1.97. The predicted octanol–water partition coefficient (Wildman–Crippen LogP) is 3.91. The second kappa shape index (κ2) is 6.35. The van der Waals surface area contributed by atoms with Crippen molar-refractivity contribution in [3.05, 3.63) is 0 Å². The first kappa shape index (κ1) is 17.1. The van der Waals surface area contributed by atoms with Crippen LogP contribution in [0, 0.1) is 16.7 Å². The van der Waals surface area contributed by atoms with E-state index in [0.29, 0.717) is 25.7 Å². The number of rotatable bonds is 8. The Bertz CT molecular complexity index is 299. The molecule has 0 aromatic rings. The van der Waals surface area contributed by atoms with Crippen LogP contribution in [0.5, 0.6) is 0 Å². The number of aliphatic carboxylic acids is 1. The zero-order chi connectivity index (χ0) is 14.6. The van der Waals surface area contributed by atoms with Crippen LogP contribution in [-0.4, -0.2) is 16.9 Å². The van der Waals surface area contributed by atoms with Crippen molar-refractivity contribution in [2.24, 2.45) is 16.7 Å². The molecule has 18 heavy (non-hydrogen) atoms. The molecular weight excluding hydrogens is 228 g/mol. The van der Waals surface area contributed by atoms with E-state index in [2.05, 4.69) is 0 Å². The summed E-state index contributed by atoms with van der Waals surface area (Å²) in [5, 5.41) is 9.48. The van der Waals surface area contributed by atoms with E-state index in [-0.39, 0.29) is 5.78 Å². The van der Waals surface area contributed by atoms with Gasteiger partial charge in [0.2, 0.25) is 0 Å². The molecule has 0 saturated carbocycles. The molecule has 3 heteroatoms. The molecule has 1 atom stereocenters. The van der Waals surface area contributed by atoms with Gasteiger partial charge in [0.1, 0.15) is 5.92 Å². The van der Waals surface area contributed by atoms with Gasteiger partial charge in [-0.25, -0.2) is 0 Å². The van der Waals surface area contributed by atoms with Crippen LogP contribution in [0.4, 0.5) is 0 Å². The van der Waals surface area contributed by atoms with E-state index in [4.69, 9.17) is 0 Å².